The highest BCUT2D eigenvalue weighted by molar-refractivity contribution is 5.80. The van der Waals surface area contributed by atoms with E-state index in [-0.39, 0.29) is 5.82 Å². The molecule has 0 radical (unpaired) electrons. The molecule has 3 rings (SSSR count). The van der Waals surface area contributed by atoms with Crippen LogP contribution in [-0.4, -0.2) is 25.0 Å². The zero-order valence-corrected chi connectivity index (χ0v) is 7.94. The number of fused-ring (bicyclic) bond motifs is 3. The zero-order chi connectivity index (χ0) is 11.0. The Morgan fingerprint density at radius 3 is 3.06 bits per heavy atom. The molecule has 0 amide bonds. The van der Waals surface area contributed by atoms with Gasteiger partial charge in [0.25, 0.3) is 5.82 Å². The normalized spacial score (nSPS) is 10.5. The smallest absolute Gasteiger partial charge is 0.217 e. The summed E-state index contributed by atoms with van der Waals surface area (Å²) in [5.41, 5.74) is 8.58. The van der Waals surface area contributed by atoms with Gasteiger partial charge in [0.15, 0.2) is 5.11 Å². The maximum atomic E-state index is 6.72. The van der Waals surface area contributed by atoms with Crippen LogP contribution in [0.4, 0.5) is 5.82 Å². The molecule has 1 N–H and O–H groups in total. The Morgan fingerprint density at radius 2 is 2.19 bits per heavy atom. The van der Waals surface area contributed by atoms with E-state index >= 15 is 0 Å². The Morgan fingerprint density at radius 1 is 1.31 bits per heavy atom. The lowest BCUT2D eigenvalue weighted by atomic mass is 10.3. The summed E-state index contributed by atoms with van der Waals surface area (Å²) in [4.78, 5) is 7.17. The summed E-state index contributed by atoms with van der Waals surface area (Å²) in [6.07, 6.45) is 0. The molecule has 0 aliphatic carbocycles. The molecule has 0 spiro atoms. The number of benzene rings is 1. The van der Waals surface area contributed by atoms with Crippen molar-refractivity contribution in [1.29, 1.82) is 5.53 Å². The van der Waals surface area contributed by atoms with Gasteiger partial charge in [-0.2, -0.15) is 4.52 Å². The van der Waals surface area contributed by atoms with Crippen molar-refractivity contribution in [2.24, 2.45) is 5.11 Å². The monoisotopic (exact) mass is 213 g/mol. The summed E-state index contributed by atoms with van der Waals surface area (Å²) in [5.74, 6) is 0.235. The maximum Gasteiger partial charge on any atom is 0.289 e. The van der Waals surface area contributed by atoms with Crippen molar-refractivity contribution in [3.8, 4) is 0 Å². The first kappa shape index (κ1) is 8.57. The Bertz CT molecular complexity index is 723. The van der Waals surface area contributed by atoms with Gasteiger partial charge in [-0.3, -0.25) is 0 Å². The van der Waals surface area contributed by atoms with Crippen molar-refractivity contribution < 1.29 is 0 Å². The Hall–Kier alpha value is -2.73. The van der Waals surface area contributed by atoms with Gasteiger partial charge < -0.3 is 0 Å². The fraction of sp³-hybridized carbons (Fsp3) is 0. The predicted molar refractivity (Wildman–Crippen MR) is 53.0 cm³/mol. The number of para-hydroxylation sites is 2. The summed E-state index contributed by atoms with van der Waals surface area (Å²) in [6, 6.07) is 7.40. The van der Waals surface area contributed by atoms with Gasteiger partial charge in [0.05, 0.1) is 11.0 Å². The SMILES string of the molecule is N=[N+]=Nc1nc2ccccc2n2nnnc12. The fourth-order valence-corrected chi connectivity index (χ4v) is 1.51. The molecule has 8 heteroatoms. The third-order valence-electron chi connectivity index (χ3n) is 2.15. The van der Waals surface area contributed by atoms with Crippen LogP contribution in [-0.2, 0) is 0 Å². The molecule has 0 atom stereocenters. The minimum absolute atomic E-state index is 0.235. The standard InChI is InChI=1S/C8H5N8/c9-13-11-7-8-12-14-15-16(8)6-4-2-1-3-5(6)10-7/h1-4,9H/q+1. The van der Waals surface area contributed by atoms with Crippen LogP contribution in [0, 0.1) is 5.53 Å². The first-order valence-electron chi connectivity index (χ1n) is 4.44. The van der Waals surface area contributed by atoms with Crippen molar-refractivity contribution in [2.75, 3.05) is 0 Å². The molecule has 0 saturated carbocycles. The zero-order valence-electron chi connectivity index (χ0n) is 7.94. The number of nitrogens with zero attached hydrogens (tertiary/aromatic N) is 7. The van der Waals surface area contributed by atoms with Crippen molar-refractivity contribution >= 4 is 22.5 Å². The van der Waals surface area contributed by atoms with E-state index in [1.807, 2.05) is 24.3 Å². The van der Waals surface area contributed by atoms with Crippen molar-refractivity contribution in [1.82, 2.24) is 29.9 Å². The highest BCUT2D eigenvalue weighted by Gasteiger charge is 2.13. The van der Waals surface area contributed by atoms with E-state index in [4.69, 9.17) is 5.53 Å². The van der Waals surface area contributed by atoms with Gasteiger partial charge in [0, 0.05) is 0 Å². The number of tetrazole rings is 1. The third kappa shape index (κ3) is 1.07. The molecule has 8 nitrogen and oxygen atoms in total. The Kier molecular flexibility index (Phi) is 1.68. The van der Waals surface area contributed by atoms with Crippen LogP contribution in [0.25, 0.3) is 16.7 Å². The summed E-state index contributed by atoms with van der Waals surface area (Å²) in [6.45, 7) is 0. The second-order valence-electron chi connectivity index (χ2n) is 3.04. The van der Waals surface area contributed by atoms with E-state index in [1.54, 1.807) is 0 Å². The number of nitrogens with one attached hydrogen (secondary N) is 1. The second-order valence-corrected chi connectivity index (χ2v) is 3.04. The molecule has 0 aliphatic rings. The van der Waals surface area contributed by atoms with Gasteiger partial charge in [0.2, 0.25) is 10.6 Å². The van der Waals surface area contributed by atoms with E-state index in [0.717, 1.165) is 5.52 Å². The topological polar surface area (TPSA) is 106 Å². The Labute approximate surface area is 88.1 Å². The molecule has 1 aromatic carbocycles. The molecule has 3 aromatic rings. The number of rotatable bonds is 1. The van der Waals surface area contributed by atoms with Gasteiger partial charge in [-0.25, -0.2) is 4.98 Å². The molecule has 0 saturated heterocycles. The number of hydrogen-bond acceptors (Lipinski definition) is 6. The predicted octanol–water partition coefficient (Wildman–Crippen LogP) is 0.854. The average Bonchev–Trinajstić information content (AvgIpc) is 2.79. The van der Waals surface area contributed by atoms with E-state index in [9.17, 15) is 0 Å². The molecule has 0 unspecified atom stereocenters. The summed E-state index contributed by atoms with van der Waals surface area (Å²) < 4.78 is 1.52. The van der Waals surface area contributed by atoms with E-state index in [0.29, 0.717) is 11.2 Å². The van der Waals surface area contributed by atoms with Gasteiger partial charge in [-0.1, -0.05) is 12.1 Å². The van der Waals surface area contributed by atoms with Crippen LogP contribution >= 0.6 is 0 Å². The van der Waals surface area contributed by atoms with Crippen LogP contribution in [0.15, 0.2) is 29.4 Å². The van der Waals surface area contributed by atoms with Crippen LogP contribution in [0.3, 0.4) is 0 Å². The quantitative estimate of drug-likeness (QED) is 0.477. The summed E-state index contributed by atoms with van der Waals surface area (Å²) in [7, 11) is 0. The number of aromatic nitrogens is 5. The van der Waals surface area contributed by atoms with Gasteiger partial charge in [-0.05, 0) is 22.6 Å². The lowest BCUT2D eigenvalue weighted by molar-refractivity contribution is 0.840. The van der Waals surface area contributed by atoms with E-state index in [2.05, 4.69) is 30.5 Å². The van der Waals surface area contributed by atoms with Crippen LogP contribution in [0.5, 0.6) is 0 Å². The molecule has 0 fully saturated rings. The highest BCUT2D eigenvalue weighted by atomic mass is 15.5. The second kappa shape index (κ2) is 3.14. The molecule has 2 heterocycles. The minimum Gasteiger partial charge on any atom is -0.217 e. The summed E-state index contributed by atoms with van der Waals surface area (Å²) in [5, 5.41) is 14.8. The molecule has 16 heavy (non-hydrogen) atoms. The summed E-state index contributed by atoms with van der Waals surface area (Å²) >= 11 is 0. The van der Waals surface area contributed by atoms with E-state index in [1.165, 1.54) is 4.52 Å². The van der Waals surface area contributed by atoms with Gasteiger partial charge in [-0.15, -0.1) is 5.10 Å². The first-order chi connectivity index (χ1) is 7.90. The van der Waals surface area contributed by atoms with Gasteiger partial charge >= 0.3 is 0 Å². The van der Waals surface area contributed by atoms with Gasteiger partial charge in [0.1, 0.15) is 5.53 Å². The largest absolute Gasteiger partial charge is 0.289 e. The van der Waals surface area contributed by atoms with Crippen molar-refractivity contribution in [2.45, 2.75) is 0 Å². The molecule has 0 bridgehead atoms. The van der Waals surface area contributed by atoms with Crippen LogP contribution < -0.4 is 4.91 Å². The maximum absolute atomic E-state index is 6.72. The molecular weight excluding hydrogens is 208 g/mol. The van der Waals surface area contributed by atoms with Crippen LogP contribution in [0.1, 0.15) is 0 Å². The first-order valence-corrected chi connectivity index (χ1v) is 4.44. The van der Waals surface area contributed by atoms with E-state index < -0.39 is 0 Å². The molecule has 76 valence electrons. The Balaban J connectivity index is 2.57. The lowest BCUT2D eigenvalue weighted by Crippen LogP contribution is -1.93. The molecule has 0 aliphatic heterocycles. The fourth-order valence-electron chi connectivity index (χ4n) is 1.51. The molecule has 2 aromatic heterocycles. The lowest BCUT2D eigenvalue weighted by Gasteiger charge is -1.97. The van der Waals surface area contributed by atoms with Crippen molar-refractivity contribution in [3.05, 3.63) is 24.3 Å². The van der Waals surface area contributed by atoms with Crippen molar-refractivity contribution in [3.63, 3.8) is 0 Å². The average molecular weight is 213 g/mol. The third-order valence-corrected chi connectivity index (χ3v) is 2.15. The highest BCUT2D eigenvalue weighted by Crippen LogP contribution is 2.19. The molecular formula is C8H5N8+. The number of hydrogen-bond donors (Lipinski definition) is 1. The van der Waals surface area contributed by atoms with Crippen LogP contribution in [0.2, 0.25) is 0 Å². The minimum atomic E-state index is 0.235.